The molecule has 0 saturated carbocycles. The molecule has 0 spiro atoms. The second kappa shape index (κ2) is 7.68. The lowest BCUT2D eigenvalue weighted by Gasteiger charge is -2.15. The lowest BCUT2D eigenvalue weighted by Crippen LogP contribution is -2.14. The predicted octanol–water partition coefficient (Wildman–Crippen LogP) is 5.62. The molecule has 3 rings (SSSR count). The minimum atomic E-state index is -4.01. The van der Waals surface area contributed by atoms with Gasteiger partial charge >= 0.3 is 0 Å². The van der Waals surface area contributed by atoms with E-state index >= 15 is 0 Å². The first-order chi connectivity index (χ1) is 12.7. The lowest BCUT2D eigenvalue weighted by molar-refractivity contribution is 0.512. The molecule has 0 saturated heterocycles. The van der Waals surface area contributed by atoms with Crippen molar-refractivity contribution in [3.05, 3.63) is 68.4 Å². The third-order valence-corrected chi connectivity index (χ3v) is 7.04. The van der Waals surface area contributed by atoms with E-state index in [0.29, 0.717) is 3.57 Å². The highest BCUT2D eigenvalue weighted by Crippen LogP contribution is 2.34. The average molecular weight is 524 g/mol. The Balaban J connectivity index is 2.02. The quantitative estimate of drug-likeness (QED) is 0.426. The molecule has 1 aromatic heterocycles. The summed E-state index contributed by atoms with van der Waals surface area (Å²) in [6.07, 6.45) is 0. The predicted molar refractivity (Wildman–Crippen MR) is 109 cm³/mol. The molecule has 0 atom stereocenters. The van der Waals surface area contributed by atoms with E-state index in [1.165, 1.54) is 18.2 Å². The van der Waals surface area contributed by atoms with E-state index in [2.05, 4.69) is 10.0 Å². The number of nitrogens with one attached hydrogen (secondary N) is 2. The van der Waals surface area contributed by atoms with Crippen LogP contribution in [0, 0.1) is 27.9 Å². The smallest absolute Gasteiger partial charge is 0.271 e. The number of thiophene rings is 1. The first-order valence-corrected chi connectivity index (χ1v) is 10.8. The standard InChI is InChI=1S/C17H12F3IN2O2S2/c1-9-2-7-15(26-9)27(24,25)23-14-6-4-11(18)16(20)17(14)22-13-5-3-10(21)8-12(13)19/h2-8,22-23H,1H3. The third kappa shape index (κ3) is 4.38. The van der Waals surface area contributed by atoms with Crippen LogP contribution in [0.25, 0.3) is 0 Å². The Morgan fingerprint density at radius 1 is 0.963 bits per heavy atom. The van der Waals surface area contributed by atoms with Gasteiger partial charge in [-0.05, 0) is 72.0 Å². The van der Waals surface area contributed by atoms with E-state index in [1.54, 1.807) is 19.1 Å². The fraction of sp³-hybridized carbons (Fsp3) is 0.0588. The summed E-state index contributed by atoms with van der Waals surface area (Å²) in [5, 5.41) is 2.44. The van der Waals surface area contributed by atoms with Crippen LogP contribution in [0.15, 0.2) is 46.7 Å². The molecule has 2 N–H and O–H groups in total. The summed E-state index contributed by atoms with van der Waals surface area (Å²) in [5.41, 5.74) is -0.864. The Morgan fingerprint density at radius 3 is 2.30 bits per heavy atom. The molecule has 0 bridgehead atoms. The SMILES string of the molecule is Cc1ccc(S(=O)(=O)Nc2ccc(F)c(F)c2Nc2ccc(I)cc2F)s1. The van der Waals surface area contributed by atoms with E-state index in [4.69, 9.17) is 0 Å². The number of anilines is 3. The van der Waals surface area contributed by atoms with E-state index in [9.17, 15) is 21.6 Å². The minimum Gasteiger partial charge on any atom is -0.349 e. The number of hydrogen-bond acceptors (Lipinski definition) is 4. The van der Waals surface area contributed by atoms with Gasteiger partial charge in [-0.3, -0.25) is 4.72 Å². The second-order valence-electron chi connectivity index (χ2n) is 5.50. The van der Waals surface area contributed by atoms with E-state index in [-0.39, 0.29) is 15.6 Å². The summed E-state index contributed by atoms with van der Waals surface area (Å²) < 4.78 is 70.0. The molecule has 0 unspecified atom stereocenters. The van der Waals surface area contributed by atoms with Gasteiger partial charge in [-0.2, -0.15) is 0 Å². The zero-order valence-electron chi connectivity index (χ0n) is 13.7. The molecule has 142 valence electrons. The van der Waals surface area contributed by atoms with Crippen LogP contribution in [0.2, 0.25) is 0 Å². The molecule has 10 heteroatoms. The highest BCUT2D eigenvalue weighted by molar-refractivity contribution is 14.1. The second-order valence-corrected chi connectivity index (χ2v) is 9.95. The summed E-state index contributed by atoms with van der Waals surface area (Å²) in [6.45, 7) is 1.74. The van der Waals surface area contributed by atoms with E-state index in [0.717, 1.165) is 28.3 Å². The molecule has 0 amide bonds. The van der Waals surface area contributed by atoms with Crippen molar-refractivity contribution in [1.29, 1.82) is 0 Å². The fourth-order valence-corrected chi connectivity index (χ4v) is 5.04. The molecule has 0 aliphatic heterocycles. The monoisotopic (exact) mass is 524 g/mol. The van der Waals surface area contributed by atoms with Crippen molar-refractivity contribution in [3.8, 4) is 0 Å². The third-order valence-electron chi connectivity index (χ3n) is 3.51. The van der Waals surface area contributed by atoms with Gasteiger partial charge in [-0.1, -0.05) is 0 Å². The number of hydrogen-bond donors (Lipinski definition) is 2. The molecule has 2 aromatic carbocycles. The first-order valence-electron chi connectivity index (χ1n) is 7.47. The molecule has 0 fully saturated rings. The molecule has 0 radical (unpaired) electrons. The largest absolute Gasteiger partial charge is 0.349 e. The van der Waals surface area contributed by atoms with Gasteiger partial charge in [0.05, 0.1) is 11.4 Å². The molecular weight excluding hydrogens is 512 g/mol. The van der Waals surface area contributed by atoms with Crippen molar-refractivity contribution in [2.75, 3.05) is 10.0 Å². The molecule has 27 heavy (non-hydrogen) atoms. The van der Waals surface area contributed by atoms with Crippen molar-refractivity contribution in [3.63, 3.8) is 0 Å². The Bertz CT molecular complexity index is 1120. The Morgan fingerprint density at radius 2 is 1.67 bits per heavy atom. The van der Waals surface area contributed by atoms with Crippen molar-refractivity contribution in [2.24, 2.45) is 0 Å². The van der Waals surface area contributed by atoms with Gasteiger partial charge in [0.2, 0.25) is 0 Å². The maximum absolute atomic E-state index is 14.3. The van der Waals surface area contributed by atoms with Gasteiger partial charge in [-0.25, -0.2) is 21.6 Å². The zero-order chi connectivity index (χ0) is 19.8. The van der Waals surface area contributed by atoms with Crippen molar-refractivity contribution in [2.45, 2.75) is 11.1 Å². The summed E-state index contributed by atoms with van der Waals surface area (Å²) in [5.74, 6) is -3.21. The number of halogens is 4. The highest BCUT2D eigenvalue weighted by atomic mass is 127. The molecule has 4 nitrogen and oxygen atoms in total. The number of aryl methyl sites for hydroxylation is 1. The number of sulfonamides is 1. The summed E-state index contributed by atoms with van der Waals surface area (Å²) >= 11 is 2.94. The van der Waals surface area contributed by atoms with E-state index in [1.807, 2.05) is 22.6 Å². The Hall–Kier alpha value is -1.79. The number of rotatable bonds is 5. The van der Waals surface area contributed by atoms with Crippen LogP contribution in [-0.4, -0.2) is 8.42 Å². The van der Waals surface area contributed by atoms with Gasteiger partial charge in [-0.15, -0.1) is 11.3 Å². The van der Waals surface area contributed by atoms with Crippen molar-refractivity contribution >= 4 is 61.0 Å². The fourth-order valence-electron chi connectivity index (χ4n) is 2.24. The lowest BCUT2D eigenvalue weighted by atomic mass is 10.2. The normalized spacial score (nSPS) is 11.4. The van der Waals surface area contributed by atoms with Crippen molar-refractivity contribution < 1.29 is 21.6 Å². The minimum absolute atomic E-state index is 0.0242. The van der Waals surface area contributed by atoms with Gasteiger partial charge < -0.3 is 5.32 Å². The maximum atomic E-state index is 14.3. The average Bonchev–Trinajstić information content (AvgIpc) is 3.03. The molecule has 0 aliphatic carbocycles. The van der Waals surface area contributed by atoms with E-state index < -0.39 is 33.2 Å². The highest BCUT2D eigenvalue weighted by Gasteiger charge is 2.22. The van der Waals surface area contributed by atoms with Crippen molar-refractivity contribution in [1.82, 2.24) is 0 Å². The first kappa shape index (κ1) is 20.0. The van der Waals surface area contributed by atoms with Gasteiger partial charge in [0, 0.05) is 8.45 Å². The molecule has 0 aliphatic rings. The van der Waals surface area contributed by atoms with Crippen LogP contribution in [0.5, 0.6) is 0 Å². The Kier molecular flexibility index (Phi) is 5.68. The summed E-state index contributed by atoms with van der Waals surface area (Å²) in [4.78, 5) is 0.778. The van der Waals surface area contributed by atoms with Crippen LogP contribution in [0.1, 0.15) is 4.88 Å². The van der Waals surface area contributed by atoms with Crippen LogP contribution >= 0.6 is 33.9 Å². The summed E-state index contributed by atoms with van der Waals surface area (Å²) in [6, 6.07) is 9.03. The molecular formula is C17H12F3IN2O2S2. The van der Waals surface area contributed by atoms with Crippen LogP contribution in [0.4, 0.5) is 30.2 Å². The van der Waals surface area contributed by atoms with Gasteiger partial charge in [0.1, 0.15) is 15.7 Å². The van der Waals surface area contributed by atoms with Crippen LogP contribution in [0.3, 0.4) is 0 Å². The Labute approximate surface area is 171 Å². The summed E-state index contributed by atoms with van der Waals surface area (Å²) in [7, 11) is -4.01. The van der Waals surface area contributed by atoms with Gasteiger partial charge in [0.15, 0.2) is 11.6 Å². The van der Waals surface area contributed by atoms with Gasteiger partial charge in [0.25, 0.3) is 10.0 Å². The topological polar surface area (TPSA) is 58.2 Å². The zero-order valence-corrected chi connectivity index (χ0v) is 17.5. The van der Waals surface area contributed by atoms with Crippen LogP contribution in [-0.2, 0) is 10.0 Å². The van der Waals surface area contributed by atoms with Crippen LogP contribution < -0.4 is 10.0 Å². The number of benzene rings is 2. The molecule has 3 aromatic rings. The molecule has 1 heterocycles. The maximum Gasteiger partial charge on any atom is 0.271 e.